The molecule has 17 heavy (non-hydrogen) atoms. The number of nitrogens with one attached hydrogen (secondary N) is 1. The molecule has 0 fully saturated rings. The summed E-state index contributed by atoms with van der Waals surface area (Å²) in [5, 5.41) is 3.86. The topological polar surface area (TPSA) is 59.6 Å². The van der Waals surface area contributed by atoms with Crippen LogP contribution in [0.25, 0.3) is 0 Å². The van der Waals surface area contributed by atoms with E-state index in [0.29, 0.717) is 17.9 Å². The molecule has 1 aromatic rings. The molecule has 0 atom stereocenters. The van der Waals surface area contributed by atoms with E-state index in [2.05, 4.69) is 22.7 Å². The Morgan fingerprint density at radius 2 is 2.41 bits per heavy atom. The smallest absolute Gasteiger partial charge is 0.184 e. The van der Waals surface area contributed by atoms with E-state index in [1.54, 1.807) is 6.07 Å². The van der Waals surface area contributed by atoms with Crippen LogP contribution in [-0.2, 0) is 0 Å². The van der Waals surface area contributed by atoms with Crippen molar-refractivity contribution in [2.45, 2.75) is 13.3 Å². The predicted octanol–water partition coefficient (Wildman–Crippen LogP) is 1.78. The second-order valence-electron chi connectivity index (χ2n) is 3.26. The summed E-state index contributed by atoms with van der Waals surface area (Å²) in [6, 6.07) is 4.23. The summed E-state index contributed by atoms with van der Waals surface area (Å²) in [5.74, 6) is 0.0934. The first-order valence-electron chi connectivity index (χ1n) is 5.14. The lowest BCUT2D eigenvalue weighted by molar-refractivity contribution is 0.315. The molecule has 0 aliphatic carbocycles. The molecule has 0 aliphatic rings. The maximum absolute atomic E-state index is 13.0. The molecule has 1 aromatic carbocycles. The molecule has 0 radical (unpaired) electrons. The van der Waals surface area contributed by atoms with E-state index in [4.69, 9.17) is 10.5 Å². The Morgan fingerprint density at radius 3 is 3.06 bits per heavy atom. The van der Waals surface area contributed by atoms with Gasteiger partial charge in [0.1, 0.15) is 11.6 Å². The van der Waals surface area contributed by atoms with E-state index in [1.807, 2.05) is 6.92 Å². The second kappa shape index (κ2) is 6.80. The molecule has 0 amide bonds. The van der Waals surface area contributed by atoms with Gasteiger partial charge in [0, 0.05) is 11.6 Å². The van der Waals surface area contributed by atoms with Crippen molar-refractivity contribution in [3.8, 4) is 5.75 Å². The molecule has 0 unspecified atom stereocenters. The minimum absolute atomic E-state index is 0.0689. The number of hydrogen-bond acceptors (Lipinski definition) is 3. The zero-order valence-corrected chi connectivity index (χ0v) is 10.3. The fourth-order valence-electron chi connectivity index (χ4n) is 1.12. The molecule has 92 valence electrons. The summed E-state index contributed by atoms with van der Waals surface area (Å²) in [6.45, 7) is 2.49. The van der Waals surface area contributed by atoms with Gasteiger partial charge in [0.15, 0.2) is 5.11 Å². The summed E-state index contributed by atoms with van der Waals surface area (Å²) < 4.78 is 18.4. The summed E-state index contributed by atoms with van der Waals surface area (Å²) >= 11 is 4.60. The standard InChI is InChI=1S/C11H14FN3OS/c1-2-5-16-10-6-9(12)4-3-8(10)7-14-15-11(13)17/h3-4,6-7H,2,5H2,1H3,(H3,13,15,17). The van der Waals surface area contributed by atoms with E-state index in [-0.39, 0.29) is 10.9 Å². The Morgan fingerprint density at radius 1 is 1.65 bits per heavy atom. The van der Waals surface area contributed by atoms with Crippen LogP contribution in [0.5, 0.6) is 5.75 Å². The van der Waals surface area contributed by atoms with E-state index in [9.17, 15) is 4.39 Å². The Balaban J connectivity index is 2.81. The van der Waals surface area contributed by atoms with Crippen molar-refractivity contribution in [1.29, 1.82) is 0 Å². The van der Waals surface area contributed by atoms with Gasteiger partial charge < -0.3 is 10.5 Å². The molecule has 0 saturated heterocycles. The van der Waals surface area contributed by atoms with Crippen molar-refractivity contribution in [3.05, 3.63) is 29.6 Å². The van der Waals surface area contributed by atoms with E-state index < -0.39 is 0 Å². The number of thiocarbonyl (C=S) groups is 1. The van der Waals surface area contributed by atoms with E-state index >= 15 is 0 Å². The molecule has 0 spiro atoms. The highest BCUT2D eigenvalue weighted by Crippen LogP contribution is 2.18. The summed E-state index contributed by atoms with van der Waals surface area (Å²) in [5.41, 5.74) is 8.29. The average Bonchev–Trinajstić information content (AvgIpc) is 2.28. The maximum Gasteiger partial charge on any atom is 0.184 e. The molecular formula is C11H14FN3OS. The van der Waals surface area contributed by atoms with E-state index in [1.165, 1.54) is 18.3 Å². The van der Waals surface area contributed by atoms with Crippen LogP contribution < -0.4 is 15.9 Å². The lowest BCUT2D eigenvalue weighted by Gasteiger charge is -2.07. The number of ether oxygens (including phenoxy) is 1. The maximum atomic E-state index is 13.0. The van der Waals surface area contributed by atoms with Gasteiger partial charge >= 0.3 is 0 Å². The van der Waals surface area contributed by atoms with Gasteiger partial charge in [-0.3, -0.25) is 5.43 Å². The quantitative estimate of drug-likeness (QED) is 0.478. The van der Waals surface area contributed by atoms with E-state index in [0.717, 1.165) is 6.42 Å². The van der Waals surface area contributed by atoms with Gasteiger partial charge in [0.2, 0.25) is 0 Å². The molecule has 0 saturated carbocycles. The van der Waals surface area contributed by atoms with Crippen LogP contribution in [0.3, 0.4) is 0 Å². The number of halogens is 1. The van der Waals surface area contributed by atoms with Crippen molar-refractivity contribution in [2.24, 2.45) is 10.8 Å². The normalized spacial score (nSPS) is 10.5. The Bertz CT molecular complexity index is 423. The zero-order chi connectivity index (χ0) is 12.7. The Hall–Kier alpha value is -1.69. The van der Waals surface area contributed by atoms with Gasteiger partial charge in [0.05, 0.1) is 12.8 Å². The van der Waals surface area contributed by atoms with Crippen molar-refractivity contribution in [2.75, 3.05) is 6.61 Å². The largest absolute Gasteiger partial charge is 0.493 e. The summed E-state index contributed by atoms with van der Waals surface area (Å²) in [6.07, 6.45) is 2.32. The summed E-state index contributed by atoms with van der Waals surface area (Å²) in [4.78, 5) is 0. The molecule has 3 N–H and O–H groups in total. The van der Waals surface area contributed by atoms with Gasteiger partial charge in [-0.1, -0.05) is 6.92 Å². The lowest BCUT2D eigenvalue weighted by atomic mass is 10.2. The van der Waals surface area contributed by atoms with Crippen LogP contribution in [0.15, 0.2) is 23.3 Å². The first kappa shape index (κ1) is 13.4. The number of rotatable bonds is 5. The molecule has 0 aliphatic heterocycles. The van der Waals surface area contributed by atoms with Crippen LogP contribution in [0.1, 0.15) is 18.9 Å². The van der Waals surface area contributed by atoms with Crippen LogP contribution in [0.4, 0.5) is 4.39 Å². The molecule has 4 nitrogen and oxygen atoms in total. The summed E-state index contributed by atoms with van der Waals surface area (Å²) in [7, 11) is 0. The number of hydrogen-bond donors (Lipinski definition) is 2. The first-order chi connectivity index (χ1) is 8.13. The van der Waals surface area contributed by atoms with Gasteiger partial charge in [-0.25, -0.2) is 4.39 Å². The third-order valence-corrected chi connectivity index (χ3v) is 1.91. The SMILES string of the molecule is CCCOc1cc(F)ccc1C=NNC(N)=S. The Kier molecular flexibility index (Phi) is 5.35. The highest BCUT2D eigenvalue weighted by molar-refractivity contribution is 7.80. The van der Waals surface area contributed by atoms with Gasteiger partial charge in [-0.15, -0.1) is 0 Å². The molecule has 6 heteroatoms. The monoisotopic (exact) mass is 255 g/mol. The minimum atomic E-state index is -0.351. The minimum Gasteiger partial charge on any atom is -0.493 e. The fourth-order valence-corrected chi connectivity index (χ4v) is 1.17. The number of hydrazone groups is 1. The second-order valence-corrected chi connectivity index (χ2v) is 3.70. The van der Waals surface area contributed by atoms with Gasteiger partial charge in [0.25, 0.3) is 0 Å². The molecular weight excluding hydrogens is 241 g/mol. The molecule has 1 rings (SSSR count). The molecule has 0 heterocycles. The predicted molar refractivity (Wildman–Crippen MR) is 69.7 cm³/mol. The molecule has 0 bridgehead atoms. The van der Waals surface area contributed by atoms with Gasteiger partial charge in [-0.05, 0) is 30.8 Å². The Labute approximate surface area is 105 Å². The molecule has 0 aromatic heterocycles. The van der Waals surface area contributed by atoms with Crippen molar-refractivity contribution in [3.63, 3.8) is 0 Å². The number of nitrogens with two attached hydrogens (primary N) is 1. The lowest BCUT2D eigenvalue weighted by Crippen LogP contribution is -2.24. The zero-order valence-electron chi connectivity index (χ0n) is 9.44. The number of benzene rings is 1. The highest BCUT2D eigenvalue weighted by atomic mass is 32.1. The third-order valence-electron chi connectivity index (χ3n) is 1.82. The van der Waals surface area contributed by atoms with Gasteiger partial charge in [-0.2, -0.15) is 5.10 Å². The van der Waals surface area contributed by atoms with Crippen LogP contribution in [0, 0.1) is 5.82 Å². The van der Waals surface area contributed by atoms with Crippen molar-refractivity contribution < 1.29 is 9.13 Å². The fraction of sp³-hybridized carbons (Fsp3) is 0.273. The third kappa shape index (κ3) is 4.78. The highest BCUT2D eigenvalue weighted by Gasteiger charge is 2.03. The van der Waals surface area contributed by atoms with Crippen LogP contribution in [-0.4, -0.2) is 17.9 Å². The van der Waals surface area contributed by atoms with Crippen molar-refractivity contribution >= 4 is 23.5 Å². The number of nitrogens with zero attached hydrogens (tertiary/aromatic N) is 1. The van der Waals surface area contributed by atoms with Crippen LogP contribution >= 0.6 is 12.2 Å². The van der Waals surface area contributed by atoms with Crippen molar-refractivity contribution in [1.82, 2.24) is 5.43 Å². The first-order valence-corrected chi connectivity index (χ1v) is 5.55. The average molecular weight is 255 g/mol. The van der Waals surface area contributed by atoms with Crippen LogP contribution in [0.2, 0.25) is 0 Å².